The van der Waals surface area contributed by atoms with Crippen LogP contribution in [0.1, 0.15) is 6.92 Å². The van der Waals surface area contributed by atoms with Crippen molar-refractivity contribution in [3.05, 3.63) is 0 Å². The van der Waals surface area contributed by atoms with Gasteiger partial charge in [0.05, 0.1) is 5.75 Å². The third kappa shape index (κ3) is 3.91. The zero-order valence-corrected chi connectivity index (χ0v) is 7.41. The molecule has 3 nitrogen and oxygen atoms in total. The Labute approximate surface area is 62.5 Å². The number of halogens is 1. The lowest BCUT2D eigenvalue weighted by atomic mass is 11.0. The van der Waals surface area contributed by atoms with Crippen molar-refractivity contribution >= 4 is 38.9 Å². The van der Waals surface area contributed by atoms with Crippen molar-refractivity contribution in [2.75, 3.05) is 5.75 Å². The summed E-state index contributed by atoms with van der Waals surface area (Å²) in [5, 5.41) is 0. The summed E-state index contributed by atoms with van der Waals surface area (Å²) in [7, 11) is 1.86. The predicted molar refractivity (Wildman–Crippen MR) is 32.2 cm³/mol. The van der Waals surface area contributed by atoms with Gasteiger partial charge >= 0.3 is 19.7 Å². The molecule has 46 valence electrons. The van der Waals surface area contributed by atoms with Crippen LogP contribution in [0.15, 0.2) is 0 Å². The number of rotatable bonds is 3. The second-order valence-electron chi connectivity index (χ2n) is 1.07. The molecule has 0 aromatic carbocycles. The van der Waals surface area contributed by atoms with Gasteiger partial charge in [0.15, 0.2) is 0 Å². The van der Waals surface area contributed by atoms with Gasteiger partial charge in [0.2, 0.25) is 10.1 Å². The van der Waals surface area contributed by atoms with Crippen LogP contribution < -0.4 is 0 Å². The van der Waals surface area contributed by atoms with Gasteiger partial charge in [-0.05, 0) is 6.92 Å². The average Bonchev–Trinajstić information content (AvgIpc) is 1.67. The molecule has 0 heterocycles. The lowest BCUT2D eigenvalue weighted by Gasteiger charge is -1.96. The fraction of sp³-hybridized carbons (Fsp3) is 1.00. The second-order valence-corrected chi connectivity index (χ2v) is 4.58. The maximum absolute atomic E-state index is 10.3. The Hall–Kier alpha value is 0.966. The Morgan fingerprint density at radius 3 is 2.38 bits per heavy atom. The molecular weight excluding hydrogens is 164 g/mol. The van der Waals surface area contributed by atoms with Gasteiger partial charge in [-0.15, -0.1) is 0 Å². The smallest absolute Gasteiger partial charge is 0.436 e. The van der Waals surface area contributed by atoms with E-state index in [1.54, 1.807) is 0 Å². The van der Waals surface area contributed by atoms with E-state index in [9.17, 15) is 8.42 Å². The third-order valence-electron chi connectivity index (χ3n) is 0.578. The predicted octanol–water partition coefficient (Wildman–Crippen LogP) is 0.126. The van der Waals surface area contributed by atoms with Crippen molar-refractivity contribution in [2.45, 2.75) is 6.92 Å². The van der Waals surface area contributed by atoms with Gasteiger partial charge in [0.25, 0.3) is 0 Å². The minimum absolute atomic E-state index is 0.00667. The lowest BCUT2D eigenvalue weighted by molar-refractivity contribution is 0.507. The van der Waals surface area contributed by atoms with E-state index >= 15 is 0 Å². The molecule has 0 fully saturated rings. The molecule has 0 radical (unpaired) electrons. The van der Waals surface area contributed by atoms with Gasteiger partial charge in [0, 0.05) is 0 Å². The van der Waals surface area contributed by atoms with E-state index in [4.69, 9.17) is 9.07 Å². The van der Waals surface area contributed by atoms with Crippen LogP contribution >= 0.6 is 9.07 Å². The van der Waals surface area contributed by atoms with Crippen molar-refractivity contribution in [1.82, 2.24) is 0 Å². The van der Waals surface area contributed by atoms with Crippen molar-refractivity contribution in [2.24, 2.45) is 0 Å². The molecule has 0 atom stereocenters. The van der Waals surface area contributed by atoms with Crippen LogP contribution in [0.3, 0.4) is 0 Å². The van der Waals surface area contributed by atoms with Crippen LogP contribution in [0.25, 0.3) is 0 Å². The summed E-state index contributed by atoms with van der Waals surface area (Å²) < 4.78 is 24.9. The maximum Gasteiger partial charge on any atom is 0.716 e. The van der Waals surface area contributed by atoms with Gasteiger partial charge < -0.3 is 2.62 Å². The molecule has 0 aromatic heterocycles. The summed E-state index contributed by atoms with van der Waals surface area (Å²) in [5.41, 5.74) is 0. The molecule has 0 bridgehead atoms. The summed E-state index contributed by atoms with van der Waals surface area (Å²) in [6.07, 6.45) is 0. The van der Waals surface area contributed by atoms with Crippen LogP contribution in [-0.2, 0) is 12.7 Å². The molecule has 8 heavy (non-hydrogen) atoms. The highest BCUT2D eigenvalue weighted by molar-refractivity contribution is 7.87. The van der Waals surface area contributed by atoms with Crippen molar-refractivity contribution < 1.29 is 11.0 Å². The molecule has 0 aliphatic rings. The van der Waals surface area contributed by atoms with Gasteiger partial charge in [-0.1, -0.05) is 0 Å². The molecule has 0 N–H and O–H groups in total. The van der Waals surface area contributed by atoms with E-state index in [1.807, 2.05) is 0 Å². The Kier molecular flexibility index (Phi) is 4.36. The molecule has 0 unspecified atom stereocenters. The Morgan fingerprint density at radius 2 is 2.25 bits per heavy atom. The summed E-state index contributed by atoms with van der Waals surface area (Å²) in [5.74, 6) is 0.00667. The van der Waals surface area contributed by atoms with E-state index in [0.29, 0.717) is 0 Å². The molecule has 0 rings (SSSR count). The summed E-state index contributed by atoms with van der Waals surface area (Å²) in [6.45, 7) is 1.51. The molecule has 0 saturated carbocycles. The quantitative estimate of drug-likeness (QED) is 0.563. The van der Waals surface area contributed by atoms with Gasteiger partial charge in [0.1, 0.15) is 0 Å². The second kappa shape index (κ2) is 3.89. The minimum Gasteiger partial charge on any atom is -0.436 e. The van der Waals surface area contributed by atoms with E-state index < -0.39 is 29.8 Å². The number of hydrogen-bond acceptors (Lipinski definition) is 3. The molecule has 0 aliphatic heterocycles. The third-order valence-corrected chi connectivity index (χ3v) is 3.88. The average molecular weight is 169 g/mol. The Morgan fingerprint density at radius 1 is 1.75 bits per heavy atom. The normalized spacial score (nSPS) is 10.8. The van der Waals surface area contributed by atoms with E-state index in [-0.39, 0.29) is 5.75 Å². The first-order valence-electron chi connectivity index (χ1n) is 2.05. The fourth-order valence-electron chi connectivity index (χ4n) is 0.151. The topological polar surface area (TPSA) is 43.4 Å². The van der Waals surface area contributed by atoms with Gasteiger partial charge in [-0.25, -0.2) is 8.42 Å². The molecule has 0 spiro atoms. The Balaban J connectivity index is 3.76. The molecule has 0 aliphatic carbocycles. The van der Waals surface area contributed by atoms with Gasteiger partial charge in [-0.3, -0.25) is 9.07 Å². The van der Waals surface area contributed by atoms with Crippen LogP contribution in [0.2, 0.25) is 0 Å². The standard InChI is InChI=1S/C2H6O3S.ClH.Mg/c1-2-6(3,4)5;;/h2H2,1H3,(H,3,4,5);1H;/q;;+2/p-2. The highest BCUT2D eigenvalue weighted by Crippen LogP contribution is 1.90. The van der Waals surface area contributed by atoms with Gasteiger partial charge in [-0.2, -0.15) is 0 Å². The zero-order valence-electron chi connectivity index (χ0n) is 4.43. The van der Waals surface area contributed by atoms with Crippen LogP contribution in [0, 0.1) is 0 Å². The maximum atomic E-state index is 10.3. The fourth-order valence-corrected chi connectivity index (χ4v) is 2.58. The summed E-state index contributed by atoms with van der Waals surface area (Å²) in [6, 6.07) is 0. The highest BCUT2D eigenvalue weighted by atomic mass is 35.5. The summed E-state index contributed by atoms with van der Waals surface area (Å²) >= 11 is -1.32. The van der Waals surface area contributed by atoms with Crippen molar-refractivity contribution in [3.63, 3.8) is 0 Å². The highest BCUT2D eigenvalue weighted by Gasteiger charge is 2.06. The SMILES string of the molecule is CCS(=O)(=O)[O][Mg][Cl]. The molecular formula is C2H5ClMgO3S. The largest absolute Gasteiger partial charge is 0.716 e. The first kappa shape index (κ1) is 8.97. The molecule has 0 aromatic rings. The minimum atomic E-state index is -3.24. The van der Waals surface area contributed by atoms with E-state index in [0.717, 1.165) is 0 Å². The van der Waals surface area contributed by atoms with Crippen molar-refractivity contribution in [3.8, 4) is 0 Å². The molecule has 0 amide bonds. The monoisotopic (exact) mass is 168 g/mol. The summed E-state index contributed by atoms with van der Waals surface area (Å²) in [4.78, 5) is 0. The van der Waals surface area contributed by atoms with E-state index in [1.165, 1.54) is 6.92 Å². The molecule has 0 saturated heterocycles. The van der Waals surface area contributed by atoms with Crippen LogP contribution in [0.5, 0.6) is 0 Å². The first-order chi connectivity index (χ1) is 3.62. The Bertz CT molecular complexity index is 141. The first-order valence-corrected chi connectivity index (χ1v) is 6.34. The molecule has 6 heteroatoms. The lowest BCUT2D eigenvalue weighted by Crippen LogP contribution is -2.07. The number of hydrogen-bond donors (Lipinski definition) is 0. The van der Waals surface area contributed by atoms with Crippen LogP contribution in [-0.4, -0.2) is 33.8 Å². The van der Waals surface area contributed by atoms with Crippen molar-refractivity contribution in [1.29, 1.82) is 0 Å². The van der Waals surface area contributed by atoms with E-state index in [2.05, 4.69) is 2.62 Å². The zero-order chi connectivity index (χ0) is 6.62. The van der Waals surface area contributed by atoms with Crippen LogP contribution in [0.4, 0.5) is 0 Å².